The molecule has 1 amide bonds. The Morgan fingerprint density at radius 2 is 2.04 bits per heavy atom. The summed E-state index contributed by atoms with van der Waals surface area (Å²) >= 11 is 0. The number of ether oxygens (including phenoxy) is 1. The van der Waals surface area contributed by atoms with Crippen molar-refractivity contribution in [3.05, 3.63) is 59.3 Å². The first kappa shape index (κ1) is 14.7. The van der Waals surface area contributed by atoms with Crippen molar-refractivity contribution in [1.82, 2.24) is 14.5 Å². The summed E-state index contributed by atoms with van der Waals surface area (Å²) in [6.07, 6.45) is 2.86. The lowest BCUT2D eigenvalue weighted by atomic mass is 10.2. The van der Waals surface area contributed by atoms with Gasteiger partial charge in [0.05, 0.1) is 36.2 Å². The molecule has 0 bridgehead atoms. The van der Waals surface area contributed by atoms with E-state index in [0.717, 1.165) is 0 Å². The molecule has 1 aromatic carbocycles. The first-order chi connectivity index (χ1) is 11.2. The highest BCUT2D eigenvalue weighted by Crippen LogP contribution is 2.11. The summed E-state index contributed by atoms with van der Waals surface area (Å²) in [5.74, 6) is 0.120. The molecule has 3 rings (SSSR count). The molecule has 1 N–H and O–H groups in total. The number of para-hydroxylation sites is 1. The second-order valence-electron chi connectivity index (χ2n) is 4.83. The van der Waals surface area contributed by atoms with Crippen LogP contribution in [0.1, 0.15) is 0 Å². The maximum absolute atomic E-state index is 12.3. The predicted molar refractivity (Wildman–Crippen MR) is 85.4 cm³/mol. The molecule has 0 saturated heterocycles. The van der Waals surface area contributed by atoms with E-state index in [9.17, 15) is 9.59 Å². The lowest BCUT2D eigenvalue weighted by Crippen LogP contribution is -2.27. The summed E-state index contributed by atoms with van der Waals surface area (Å²) < 4.78 is 6.22. The van der Waals surface area contributed by atoms with Crippen LogP contribution in [0.2, 0.25) is 0 Å². The number of hydrogen-bond acceptors (Lipinski definition) is 5. The van der Waals surface area contributed by atoms with Crippen LogP contribution in [0.3, 0.4) is 0 Å². The Morgan fingerprint density at radius 1 is 1.22 bits per heavy atom. The minimum atomic E-state index is -0.337. The van der Waals surface area contributed by atoms with Crippen LogP contribution in [-0.2, 0) is 11.3 Å². The lowest BCUT2D eigenvalue weighted by molar-refractivity contribution is -0.116. The number of amides is 1. The van der Waals surface area contributed by atoms with Crippen LogP contribution in [0.15, 0.2) is 53.7 Å². The van der Waals surface area contributed by atoms with Gasteiger partial charge in [0.25, 0.3) is 5.56 Å². The van der Waals surface area contributed by atoms with Crippen LogP contribution in [0.5, 0.6) is 5.88 Å². The number of nitrogens with one attached hydrogen (secondary N) is 1. The Morgan fingerprint density at radius 3 is 2.78 bits per heavy atom. The number of aromatic nitrogens is 3. The van der Waals surface area contributed by atoms with E-state index in [1.54, 1.807) is 30.3 Å². The summed E-state index contributed by atoms with van der Waals surface area (Å²) in [5, 5.41) is 3.15. The Labute approximate surface area is 131 Å². The van der Waals surface area contributed by atoms with E-state index in [-0.39, 0.29) is 18.0 Å². The Bertz CT molecular complexity index is 903. The highest BCUT2D eigenvalue weighted by atomic mass is 16.5. The van der Waals surface area contributed by atoms with Crippen LogP contribution < -0.4 is 15.6 Å². The van der Waals surface area contributed by atoms with Crippen molar-refractivity contribution in [1.29, 1.82) is 0 Å². The van der Waals surface area contributed by atoms with E-state index >= 15 is 0 Å². The van der Waals surface area contributed by atoms with Crippen LogP contribution >= 0.6 is 0 Å². The van der Waals surface area contributed by atoms with E-state index in [4.69, 9.17) is 4.74 Å². The number of methoxy groups -OCH3 is 1. The summed E-state index contributed by atoms with van der Waals surface area (Å²) in [6, 6.07) is 10.3. The zero-order valence-corrected chi connectivity index (χ0v) is 12.4. The van der Waals surface area contributed by atoms with Gasteiger partial charge in [-0.05, 0) is 18.2 Å². The first-order valence-electron chi connectivity index (χ1n) is 6.91. The molecule has 0 aliphatic carbocycles. The molecule has 3 aromatic rings. The van der Waals surface area contributed by atoms with Gasteiger partial charge >= 0.3 is 0 Å². The number of anilines is 1. The van der Waals surface area contributed by atoms with Gasteiger partial charge in [0.2, 0.25) is 11.8 Å². The smallest absolute Gasteiger partial charge is 0.261 e. The van der Waals surface area contributed by atoms with Gasteiger partial charge in [-0.2, -0.15) is 0 Å². The van der Waals surface area contributed by atoms with Crippen molar-refractivity contribution in [2.75, 3.05) is 12.4 Å². The van der Waals surface area contributed by atoms with Gasteiger partial charge in [0.15, 0.2) is 0 Å². The third kappa shape index (κ3) is 3.18. The van der Waals surface area contributed by atoms with Gasteiger partial charge < -0.3 is 10.1 Å². The number of carbonyl (C=O) groups excluding carboxylic acids is 1. The average molecular weight is 310 g/mol. The fraction of sp³-hybridized carbons (Fsp3) is 0.125. The number of benzene rings is 1. The van der Waals surface area contributed by atoms with Crippen molar-refractivity contribution in [3.63, 3.8) is 0 Å². The topological polar surface area (TPSA) is 86.1 Å². The largest absolute Gasteiger partial charge is 0.481 e. The summed E-state index contributed by atoms with van der Waals surface area (Å²) in [6.45, 7) is -0.122. The van der Waals surface area contributed by atoms with E-state index in [1.807, 2.05) is 6.07 Å². The maximum atomic E-state index is 12.3. The molecule has 0 aliphatic heterocycles. The molecule has 23 heavy (non-hydrogen) atoms. The maximum Gasteiger partial charge on any atom is 0.261 e. The number of nitrogens with zero attached hydrogens (tertiary/aromatic N) is 3. The highest BCUT2D eigenvalue weighted by Gasteiger charge is 2.08. The molecule has 2 aromatic heterocycles. The molecule has 0 spiro atoms. The number of carbonyl (C=O) groups is 1. The summed E-state index contributed by atoms with van der Waals surface area (Å²) in [4.78, 5) is 32.6. The molecule has 0 radical (unpaired) electrons. The fourth-order valence-electron chi connectivity index (χ4n) is 2.15. The first-order valence-corrected chi connectivity index (χ1v) is 6.91. The molecule has 2 heterocycles. The Balaban J connectivity index is 1.77. The zero-order valence-electron chi connectivity index (χ0n) is 12.4. The SMILES string of the molecule is COc1ccc(NC(=O)Cn2cnc3ccccc3c2=O)cn1. The van der Waals surface area contributed by atoms with Gasteiger partial charge in [0.1, 0.15) is 6.54 Å². The molecular weight excluding hydrogens is 296 g/mol. The summed E-state index contributed by atoms with van der Waals surface area (Å²) in [5.41, 5.74) is 0.879. The standard InChI is InChI=1S/C16H14N4O3/c1-23-15-7-6-11(8-17-15)19-14(21)9-20-10-18-13-5-3-2-4-12(13)16(20)22/h2-8,10H,9H2,1H3,(H,19,21). The van der Waals surface area contributed by atoms with E-state index in [2.05, 4.69) is 15.3 Å². The van der Waals surface area contributed by atoms with Crippen molar-refractivity contribution in [2.24, 2.45) is 0 Å². The average Bonchev–Trinajstić information content (AvgIpc) is 2.58. The molecule has 0 unspecified atom stereocenters. The highest BCUT2D eigenvalue weighted by molar-refractivity contribution is 5.90. The number of fused-ring (bicyclic) bond motifs is 1. The molecular formula is C16H14N4O3. The molecule has 0 atom stereocenters. The Kier molecular flexibility index (Phi) is 4.01. The van der Waals surface area contributed by atoms with Crippen molar-refractivity contribution < 1.29 is 9.53 Å². The van der Waals surface area contributed by atoms with Gasteiger partial charge in [0, 0.05) is 6.07 Å². The van der Waals surface area contributed by atoms with Gasteiger partial charge in [-0.15, -0.1) is 0 Å². The second-order valence-corrected chi connectivity index (χ2v) is 4.83. The van der Waals surface area contributed by atoms with Crippen molar-refractivity contribution in [2.45, 2.75) is 6.54 Å². The zero-order chi connectivity index (χ0) is 16.2. The molecule has 0 aliphatic rings. The quantitative estimate of drug-likeness (QED) is 0.788. The van der Waals surface area contributed by atoms with Gasteiger partial charge in [-0.25, -0.2) is 9.97 Å². The minimum absolute atomic E-state index is 0.122. The third-order valence-corrected chi connectivity index (χ3v) is 3.27. The van der Waals surface area contributed by atoms with E-state index < -0.39 is 0 Å². The lowest BCUT2D eigenvalue weighted by Gasteiger charge is -2.08. The van der Waals surface area contributed by atoms with Crippen LogP contribution in [0, 0.1) is 0 Å². The molecule has 0 saturated carbocycles. The van der Waals surface area contributed by atoms with Crippen molar-refractivity contribution in [3.8, 4) is 5.88 Å². The molecule has 116 valence electrons. The van der Waals surface area contributed by atoms with Crippen molar-refractivity contribution >= 4 is 22.5 Å². The predicted octanol–water partition coefficient (Wildman–Crippen LogP) is 1.44. The third-order valence-electron chi connectivity index (χ3n) is 3.27. The van der Waals surface area contributed by atoms with Crippen LogP contribution in [0.25, 0.3) is 10.9 Å². The van der Waals surface area contributed by atoms with Crippen LogP contribution in [-0.4, -0.2) is 27.6 Å². The van der Waals surface area contributed by atoms with Crippen LogP contribution in [0.4, 0.5) is 5.69 Å². The van der Waals surface area contributed by atoms with E-state index in [1.165, 1.54) is 24.2 Å². The number of hydrogen-bond donors (Lipinski definition) is 1. The Hall–Kier alpha value is -3.22. The van der Waals surface area contributed by atoms with E-state index in [0.29, 0.717) is 22.5 Å². The normalized spacial score (nSPS) is 10.5. The van der Waals surface area contributed by atoms with Gasteiger partial charge in [-0.1, -0.05) is 12.1 Å². The minimum Gasteiger partial charge on any atom is -0.481 e. The summed E-state index contributed by atoms with van der Waals surface area (Å²) in [7, 11) is 1.51. The van der Waals surface area contributed by atoms with Gasteiger partial charge in [-0.3, -0.25) is 14.2 Å². The monoisotopic (exact) mass is 310 g/mol. The number of rotatable bonds is 4. The fourth-order valence-corrected chi connectivity index (χ4v) is 2.15. The molecule has 7 nitrogen and oxygen atoms in total. The second kappa shape index (κ2) is 6.27. The molecule has 0 fully saturated rings. The molecule has 7 heteroatoms. The number of pyridine rings is 1.